The summed E-state index contributed by atoms with van der Waals surface area (Å²) in [6.45, 7) is 8.31. The van der Waals surface area contributed by atoms with E-state index in [1.165, 1.54) is 5.56 Å². The van der Waals surface area contributed by atoms with E-state index in [2.05, 4.69) is 89.0 Å². The zero-order chi connectivity index (χ0) is 20.3. The van der Waals surface area contributed by atoms with Crippen molar-refractivity contribution in [3.05, 3.63) is 92.7 Å². The minimum absolute atomic E-state index is 0.308. The highest BCUT2D eigenvalue weighted by molar-refractivity contribution is 9.11. The molecule has 145 valence electrons. The molecular weight excluding hydrogens is 480 g/mol. The number of hydrogen-bond acceptors (Lipinski definition) is 2. The number of methoxy groups -OCH3 is 1. The first-order valence-electron chi connectivity index (χ1n) is 9.12. The third-order valence-corrected chi connectivity index (χ3v) is 5.69. The van der Waals surface area contributed by atoms with Crippen molar-refractivity contribution >= 4 is 31.9 Å². The van der Waals surface area contributed by atoms with Crippen LogP contribution < -0.4 is 9.47 Å². The lowest BCUT2D eigenvalue weighted by Gasteiger charge is -2.19. The van der Waals surface area contributed by atoms with Crippen LogP contribution in [-0.2, 0) is 6.42 Å². The third kappa shape index (κ3) is 4.79. The Morgan fingerprint density at radius 2 is 1.57 bits per heavy atom. The van der Waals surface area contributed by atoms with Crippen LogP contribution in [0.25, 0.3) is 0 Å². The topological polar surface area (TPSA) is 18.5 Å². The molecule has 0 amide bonds. The second kappa shape index (κ2) is 9.15. The summed E-state index contributed by atoms with van der Waals surface area (Å²) in [5.74, 6) is 2.76. The molecule has 28 heavy (non-hydrogen) atoms. The fourth-order valence-corrected chi connectivity index (χ4v) is 4.64. The van der Waals surface area contributed by atoms with E-state index in [0.29, 0.717) is 5.92 Å². The molecule has 0 heterocycles. The summed E-state index contributed by atoms with van der Waals surface area (Å²) in [6, 6.07) is 18.4. The summed E-state index contributed by atoms with van der Waals surface area (Å²) in [7, 11) is 1.73. The molecule has 3 aromatic carbocycles. The van der Waals surface area contributed by atoms with Gasteiger partial charge in [-0.05, 0) is 80.1 Å². The van der Waals surface area contributed by atoms with Gasteiger partial charge in [0.15, 0.2) is 5.75 Å². The molecule has 4 heteroatoms. The maximum atomic E-state index is 6.29. The van der Waals surface area contributed by atoms with Crippen LogP contribution in [0.3, 0.4) is 0 Å². The minimum Gasteiger partial charge on any atom is -0.496 e. The number of ether oxygens (including phenoxy) is 2. The number of halogens is 2. The first-order valence-corrected chi connectivity index (χ1v) is 10.7. The van der Waals surface area contributed by atoms with Crippen molar-refractivity contribution in [3.63, 3.8) is 0 Å². The molecule has 2 nitrogen and oxygen atoms in total. The molecule has 0 aliphatic heterocycles. The van der Waals surface area contributed by atoms with E-state index in [1.807, 2.05) is 18.2 Å². The highest BCUT2D eigenvalue weighted by atomic mass is 79.9. The molecule has 0 aliphatic rings. The molecular formula is C24H23Br2O2. The maximum absolute atomic E-state index is 6.29. The Balaban J connectivity index is 2.07. The predicted molar refractivity (Wildman–Crippen MR) is 123 cm³/mol. The summed E-state index contributed by atoms with van der Waals surface area (Å²) in [5.41, 5.74) is 4.38. The van der Waals surface area contributed by atoms with Crippen LogP contribution in [0.15, 0.2) is 63.5 Å². The molecule has 0 saturated carbocycles. The molecule has 0 N–H and O–H groups in total. The normalized spacial score (nSPS) is 11.0. The minimum atomic E-state index is 0.308. The predicted octanol–water partition coefficient (Wildman–Crippen LogP) is 7.91. The lowest BCUT2D eigenvalue weighted by molar-refractivity contribution is 0.400. The van der Waals surface area contributed by atoms with E-state index in [0.717, 1.165) is 49.3 Å². The molecule has 1 radical (unpaired) electrons. The van der Waals surface area contributed by atoms with Gasteiger partial charge in [0, 0.05) is 17.5 Å². The van der Waals surface area contributed by atoms with Crippen molar-refractivity contribution in [3.8, 4) is 17.2 Å². The summed E-state index contributed by atoms with van der Waals surface area (Å²) < 4.78 is 13.8. The summed E-state index contributed by atoms with van der Waals surface area (Å²) in [4.78, 5) is 0. The van der Waals surface area contributed by atoms with Crippen LogP contribution in [0.4, 0.5) is 0 Å². The molecule has 0 aliphatic carbocycles. The van der Waals surface area contributed by atoms with Crippen LogP contribution in [0.2, 0.25) is 0 Å². The Hall–Kier alpha value is -1.78. The van der Waals surface area contributed by atoms with Crippen LogP contribution in [0.1, 0.15) is 42.0 Å². The van der Waals surface area contributed by atoms with Crippen molar-refractivity contribution in [2.75, 3.05) is 7.11 Å². The zero-order valence-corrected chi connectivity index (χ0v) is 19.4. The average molecular weight is 503 g/mol. The first kappa shape index (κ1) is 20.9. The van der Waals surface area contributed by atoms with Gasteiger partial charge in [-0.3, -0.25) is 0 Å². The fourth-order valence-electron chi connectivity index (χ4n) is 3.19. The smallest absolute Gasteiger partial charge is 0.155 e. The maximum Gasteiger partial charge on any atom is 0.155 e. The van der Waals surface area contributed by atoms with Gasteiger partial charge in [-0.1, -0.05) is 44.2 Å². The highest BCUT2D eigenvalue weighted by Crippen LogP contribution is 2.41. The largest absolute Gasteiger partial charge is 0.496 e. The zero-order valence-electron chi connectivity index (χ0n) is 16.3. The van der Waals surface area contributed by atoms with E-state index >= 15 is 0 Å². The van der Waals surface area contributed by atoms with Crippen molar-refractivity contribution in [2.24, 2.45) is 0 Å². The number of rotatable bonds is 6. The molecule has 0 spiro atoms. The molecule has 0 fully saturated rings. The van der Waals surface area contributed by atoms with Crippen molar-refractivity contribution in [1.82, 2.24) is 0 Å². The Labute approximate surface area is 184 Å². The number of benzene rings is 3. The van der Waals surface area contributed by atoms with Crippen LogP contribution in [0.5, 0.6) is 17.2 Å². The Morgan fingerprint density at radius 1 is 0.929 bits per heavy atom. The highest BCUT2D eigenvalue weighted by Gasteiger charge is 2.17. The quantitative estimate of drug-likeness (QED) is 0.341. The van der Waals surface area contributed by atoms with Crippen molar-refractivity contribution in [1.29, 1.82) is 0 Å². The SMILES string of the molecule is [CH2]c1cc(Br)c(Oc2cc(Cc3ccccc3)c(OC)c(C(C)C)c2)c(Br)c1. The van der Waals surface area contributed by atoms with Gasteiger partial charge in [0.25, 0.3) is 0 Å². The first-order chi connectivity index (χ1) is 13.4. The lowest BCUT2D eigenvalue weighted by Crippen LogP contribution is -2.02. The molecule has 0 bridgehead atoms. The van der Waals surface area contributed by atoms with Gasteiger partial charge in [-0.25, -0.2) is 0 Å². The van der Waals surface area contributed by atoms with Gasteiger partial charge in [0.1, 0.15) is 11.5 Å². The Morgan fingerprint density at radius 3 is 2.14 bits per heavy atom. The average Bonchev–Trinajstić information content (AvgIpc) is 2.65. The molecule has 0 unspecified atom stereocenters. The Kier molecular flexibility index (Phi) is 6.84. The lowest BCUT2D eigenvalue weighted by atomic mass is 9.95. The molecule has 0 aromatic heterocycles. The standard InChI is InChI=1S/C24H23Br2O2/c1-15(2)20-14-19(28-24-21(25)10-16(3)11-22(24)26)13-18(23(20)27-4)12-17-8-6-5-7-9-17/h5-11,13-15H,3,12H2,1-2,4H3. The van der Waals surface area contributed by atoms with Crippen LogP contribution in [-0.4, -0.2) is 7.11 Å². The second-order valence-corrected chi connectivity index (χ2v) is 8.72. The molecule has 3 rings (SSSR count). The monoisotopic (exact) mass is 501 g/mol. The molecule has 0 saturated heterocycles. The van der Waals surface area contributed by atoms with E-state index in [-0.39, 0.29) is 0 Å². The van der Waals surface area contributed by atoms with Gasteiger partial charge >= 0.3 is 0 Å². The van der Waals surface area contributed by atoms with Gasteiger partial charge in [0.2, 0.25) is 0 Å². The van der Waals surface area contributed by atoms with Gasteiger partial charge in [-0.2, -0.15) is 0 Å². The van der Waals surface area contributed by atoms with Gasteiger partial charge in [0.05, 0.1) is 16.1 Å². The van der Waals surface area contributed by atoms with Crippen LogP contribution >= 0.6 is 31.9 Å². The summed E-state index contributed by atoms with van der Waals surface area (Å²) in [5, 5.41) is 0. The van der Waals surface area contributed by atoms with E-state index in [9.17, 15) is 0 Å². The molecule has 3 aromatic rings. The van der Waals surface area contributed by atoms with Crippen molar-refractivity contribution < 1.29 is 9.47 Å². The number of hydrogen-bond donors (Lipinski definition) is 0. The summed E-state index contributed by atoms with van der Waals surface area (Å²) in [6.07, 6.45) is 0.779. The second-order valence-electron chi connectivity index (χ2n) is 7.01. The molecule has 0 atom stereocenters. The van der Waals surface area contributed by atoms with E-state index in [4.69, 9.17) is 9.47 Å². The fraction of sp³-hybridized carbons (Fsp3) is 0.208. The van der Waals surface area contributed by atoms with Crippen molar-refractivity contribution in [2.45, 2.75) is 26.2 Å². The van der Waals surface area contributed by atoms with E-state index < -0.39 is 0 Å². The Bertz CT molecular complexity index is 943. The third-order valence-electron chi connectivity index (χ3n) is 4.51. The van der Waals surface area contributed by atoms with Crippen LogP contribution in [0, 0.1) is 6.92 Å². The van der Waals surface area contributed by atoms with Gasteiger partial charge in [-0.15, -0.1) is 0 Å². The van der Waals surface area contributed by atoms with E-state index in [1.54, 1.807) is 7.11 Å². The van der Waals surface area contributed by atoms with Gasteiger partial charge < -0.3 is 9.47 Å². The summed E-state index contributed by atoms with van der Waals surface area (Å²) >= 11 is 7.17.